The van der Waals surface area contributed by atoms with Crippen LogP contribution >= 0.6 is 0 Å². The van der Waals surface area contributed by atoms with Gasteiger partial charge in [-0.25, -0.2) is 0 Å². The molecule has 0 saturated heterocycles. The standard InChI is InChI=1S/C12H17N3O2/c1-9-10(3-4-16-9)7-15(2)8-12-5-11(6-13)14-17-12/h3-5H,6-8,13H2,1-2H3. The van der Waals surface area contributed by atoms with Crippen molar-refractivity contribution in [1.82, 2.24) is 10.1 Å². The molecular formula is C12H17N3O2. The Bertz CT molecular complexity index is 476. The number of nitrogens with two attached hydrogens (primary N) is 1. The van der Waals surface area contributed by atoms with E-state index in [0.29, 0.717) is 13.1 Å². The van der Waals surface area contributed by atoms with Crippen LogP contribution < -0.4 is 5.73 Å². The maximum atomic E-state index is 5.47. The first kappa shape index (κ1) is 11.9. The van der Waals surface area contributed by atoms with Crippen molar-refractivity contribution in [1.29, 1.82) is 0 Å². The van der Waals surface area contributed by atoms with Gasteiger partial charge in [-0.15, -0.1) is 0 Å². The number of rotatable bonds is 5. The third-order valence-electron chi connectivity index (χ3n) is 2.65. The Balaban J connectivity index is 1.93. The number of hydrogen-bond donors (Lipinski definition) is 1. The van der Waals surface area contributed by atoms with E-state index in [-0.39, 0.29) is 0 Å². The van der Waals surface area contributed by atoms with Gasteiger partial charge in [-0.05, 0) is 20.0 Å². The second kappa shape index (κ2) is 5.16. The summed E-state index contributed by atoms with van der Waals surface area (Å²) >= 11 is 0. The van der Waals surface area contributed by atoms with Crippen molar-refractivity contribution in [3.63, 3.8) is 0 Å². The summed E-state index contributed by atoms with van der Waals surface area (Å²) in [6.45, 7) is 3.90. The van der Waals surface area contributed by atoms with E-state index in [1.165, 1.54) is 5.56 Å². The van der Waals surface area contributed by atoms with Crippen LogP contribution in [0.15, 0.2) is 27.3 Å². The Morgan fingerprint density at radius 1 is 1.41 bits per heavy atom. The molecule has 2 rings (SSSR count). The molecule has 0 atom stereocenters. The van der Waals surface area contributed by atoms with Crippen LogP contribution in [0.1, 0.15) is 22.8 Å². The molecule has 17 heavy (non-hydrogen) atoms. The molecule has 0 fully saturated rings. The quantitative estimate of drug-likeness (QED) is 0.853. The molecule has 0 aliphatic heterocycles. The minimum atomic E-state index is 0.411. The molecule has 0 aromatic carbocycles. The van der Waals surface area contributed by atoms with Crippen molar-refractivity contribution >= 4 is 0 Å². The third kappa shape index (κ3) is 2.95. The summed E-state index contributed by atoms with van der Waals surface area (Å²) in [5.41, 5.74) is 7.45. The zero-order chi connectivity index (χ0) is 12.3. The normalized spacial score (nSPS) is 11.3. The summed E-state index contributed by atoms with van der Waals surface area (Å²) < 4.78 is 10.4. The zero-order valence-electron chi connectivity index (χ0n) is 10.1. The minimum absolute atomic E-state index is 0.411. The van der Waals surface area contributed by atoms with Crippen LogP contribution in [-0.4, -0.2) is 17.1 Å². The predicted molar refractivity (Wildman–Crippen MR) is 63.0 cm³/mol. The largest absolute Gasteiger partial charge is 0.469 e. The summed E-state index contributed by atoms with van der Waals surface area (Å²) in [5, 5.41) is 3.86. The van der Waals surface area contributed by atoms with Crippen molar-refractivity contribution in [2.24, 2.45) is 5.73 Å². The van der Waals surface area contributed by atoms with E-state index in [1.807, 2.05) is 26.1 Å². The molecule has 5 heteroatoms. The summed E-state index contributed by atoms with van der Waals surface area (Å²) in [6, 6.07) is 3.87. The van der Waals surface area contributed by atoms with Crippen LogP contribution in [-0.2, 0) is 19.6 Å². The van der Waals surface area contributed by atoms with Gasteiger partial charge in [0.1, 0.15) is 5.76 Å². The number of hydrogen-bond acceptors (Lipinski definition) is 5. The van der Waals surface area contributed by atoms with Gasteiger partial charge in [0.15, 0.2) is 5.76 Å². The first-order valence-corrected chi connectivity index (χ1v) is 5.55. The molecule has 0 aliphatic rings. The van der Waals surface area contributed by atoms with Gasteiger partial charge in [-0.2, -0.15) is 0 Å². The monoisotopic (exact) mass is 235 g/mol. The lowest BCUT2D eigenvalue weighted by Crippen LogP contribution is -2.16. The minimum Gasteiger partial charge on any atom is -0.469 e. The fraction of sp³-hybridized carbons (Fsp3) is 0.417. The fourth-order valence-electron chi connectivity index (χ4n) is 1.71. The van der Waals surface area contributed by atoms with Crippen molar-refractivity contribution < 1.29 is 8.94 Å². The van der Waals surface area contributed by atoms with Crippen LogP contribution in [0.5, 0.6) is 0 Å². The molecule has 0 spiro atoms. The number of aryl methyl sites for hydroxylation is 1. The van der Waals surface area contributed by atoms with Crippen LogP contribution in [0.4, 0.5) is 0 Å². The van der Waals surface area contributed by atoms with Gasteiger partial charge in [0.2, 0.25) is 0 Å². The Labute approximate surface area is 100 Å². The van der Waals surface area contributed by atoms with E-state index in [4.69, 9.17) is 14.7 Å². The lowest BCUT2D eigenvalue weighted by Gasteiger charge is -2.13. The molecule has 2 heterocycles. The highest BCUT2D eigenvalue weighted by Crippen LogP contribution is 2.13. The van der Waals surface area contributed by atoms with Crippen molar-refractivity contribution in [3.8, 4) is 0 Å². The maximum Gasteiger partial charge on any atom is 0.151 e. The Morgan fingerprint density at radius 3 is 2.82 bits per heavy atom. The van der Waals surface area contributed by atoms with Crippen LogP contribution in [0.25, 0.3) is 0 Å². The first-order chi connectivity index (χ1) is 8.19. The van der Waals surface area contributed by atoms with Crippen LogP contribution in [0.2, 0.25) is 0 Å². The highest BCUT2D eigenvalue weighted by Gasteiger charge is 2.09. The third-order valence-corrected chi connectivity index (χ3v) is 2.65. The summed E-state index contributed by atoms with van der Waals surface area (Å²) in [6.07, 6.45) is 1.71. The summed E-state index contributed by atoms with van der Waals surface area (Å²) in [4.78, 5) is 2.14. The SMILES string of the molecule is Cc1occc1CN(C)Cc1cc(CN)no1. The molecule has 92 valence electrons. The highest BCUT2D eigenvalue weighted by molar-refractivity contribution is 5.15. The Kier molecular flexibility index (Phi) is 3.61. The highest BCUT2D eigenvalue weighted by atomic mass is 16.5. The molecule has 0 saturated carbocycles. The second-order valence-corrected chi connectivity index (χ2v) is 4.16. The van der Waals surface area contributed by atoms with E-state index in [0.717, 1.165) is 23.8 Å². The molecule has 0 bridgehead atoms. The maximum absolute atomic E-state index is 5.47. The molecule has 2 aromatic heterocycles. The van der Waals surface area contributed by atoms with E-state index in [1.54, 1.807) is 6.26 Å². The lowest BCUT2D eigenvalue weighted by molar-refractivity contribution is 0.264. The van der Waals surface area contributed by atoms with Gasteiger partial charge in [0, 0.05) is 24.7 Å². The van der Waals surface area contributed by atoms with Crippen molar-refractivity contribution in [2.45, 2.75) is 26.6 Å². The topological polar surface area (TPSA) is 68.4 Å². The molecule has 0 unspecified atom stereocenters. The molecule has 2 N–H and O–H groups in total. The summed E-state index contributed by atoms with van der Waals surface area (Å²) in [7, 11) is 2.02. The molecule has 0 aliphatic carbocycles. The van der Waals surface area contributed by atoms with Crippen LogP contribution in [0, 0.1) is 6.92 Å². The van der Waals surface area contributed by atoms with Gasteiger partial charge in [0.25, 0.3) is 0 Å². The van der Waals surface area contributed by atoms with Gasteiger partial charge < -0.3 is 14.7 Å². The molecule has 0 radical (unpaired) electrons. The molecule has 0 amide bonds. The van der Waals surface area contributed by atoms with Gasteiger partial charge in [0.05, 0.1) is 18.5 Å². The zero-order valence-corrected chi connectivity index (χ0v) is 10.1. The number of furan rings is 1. The number of nitrogens with zero attached hydrogens (tertiary/aromatic N) is 2. The van der Waals surface area contributed by atoms with Gasteiger partial charge >= 0.3 is 0 Å². The van der Waals surface area contributed by atoms with E-state index in [2.05, 4.69) is 10.1 Å². The molecule has 2 aromatic rings. The van der Waals surface area contributed by atoms with E-state index >= 15 is 0 Å². The Hall–Kier alpha value is -1.59. The van der Waals surface area contributed by atoms with Crippen molar-refractivity contribution in [2.75, 3.05) is 7.05 Å². The molecular weight excluding hydrogens is 218 g/mol. The van der Waals surface area contributed by atoms with Gasteiger partial charge in [-0.1, -0.05) is 5.16 Å². The average Bonchev–Trinajstić information content (AvgIpc) is 2.89. The first-order valence-electron chi connectivity index (χ1n) is 5.55. The second-order valence-electron chi connectivity index (χ2n) is 4.16. The van der Waals surface area contributed by atoms with E-state index in [9.17, 15) is 0 Å². The van der Waals surface area contributed by atoms with Crippen LogP contribution in [0.3, 0.4) is 0 Å². The number of aromatic nitrogens is 1. The fourth-order valence-corrected chi connectivity index (χ4v) is 1.71. The van der Waals surface area contributed by atoms with Gasteiger partial charge in [-0.3, -0.25) is 4.90 Å². The van der Waals surface area contributed by atoms with E-state index < -0.39 is 0 Å². The lowest BCUT2D eigenvalue weighted by atomic mass is 10.2. The molecule has 5 nitrogen and oxygen atoms in total. The predicted octanol–water partition coefficient (Wildman–Crippen LogP) is 1.67. The smallest absolute Gasteiger partial charge is 0.151 e. The average molecular weight is 235 g/mol. The van der Waals surface area contributed by atoms with Crippen molar-refractivity contribution in [3.05, 3.63) is 41.2 Å². The summed E-state index contributed by atoms with van der Waals surface area (Å²) in [5.74, 6) is 1.78. The Morgan fingerprint density at radius 2 is 2.24 bits per heavy atom.